The SMILES string of the molecule is [NH-]S(=O)(=O)c1sc(Cl)cc1C(=O)CBr. The third kappa shape index (κ3) is 2.54. The summed E-state index contributed by atoms with van der Waals surface area (Å²) >= 11 is 9.21. The van der Waals surface area contributed by atoms with Gasteiger partial charge in [0.15, 0.2) is 5.78 Å². The molecular weight excluding hydrogens is 314 g/mol. The minimum Gasteiger partial charge on any atom is -0.559 e. The van der Waals surface area contributed by atoms with E-state index in [0.717, 1.165) is 0 Å². The zero-order valence-corrected chi connectivity index (χ0v) is 10.6. The number of hydrogen-bond donors (Lipinski definition) is 0. The first-order chi connectivity index (χ1) is 6.36. The maximum Gasteiger partial charge on any atom is 0.175 e. The molecule has 1 N–H and O–H groups in total. The molecule has 0 aliphatic carbocycles. The summed E-state index contributed by atoms with van der Waals surface area (Å²) in [5.41, 5.74) is -0.0214. The van der Waals surface area contributed by atoms with Crippen LogP contribution in [0.4, 0.5) is 0 Å². The van der Waals surface area contributed by atoms with Gasteiger partial charge in [-0.1, -0.05) is 27.5 Å². The fourth-order valence-electron chi connectivity index (χ4n) is 0.811. The molecule has 0 fully saturated rings. The number of carbonyl (C=O) groups is 1. The Morgan fingerprint density at radius 3 is 2.64 bits per heavy atom. The average molecular weight is 318 g/mol. The number of Topliss-reactive ketones (excluding diaryl/α,β-unsaturated/α-hetero) is 1. The van der Waals surface area contributed by atoms with E-state index in [1.165, 1.54) is 6.07 Å². The average Bonchev–Trinajstić information content (AvgIpc) is 2.45. The number of thiophene rings is 1. The lowest BCUT2D eigenvalue weighted by Crippen LogP contribution is -2.03. The van der Waals surface area contributed by atoms with Crippen LogP contribution in [-0.2, 0) is 10.0 Å². The molecule has 1 heterocycles. The van der Waals surface area contributed by atoms with E-state index in [0.29, 0.717) is 11.3 Å². The monoisotopic (exact) mass is 316 g/mol. The van der Waals surface area contributed by atoms with Gasteiger partial charge in [-0.05, 0) is 6.07 Å². The van der Waals surface area contributed by atoms with Crippen molar-refractivity contribution < 1.29 is 13.2 Å². The highest BCUT2D eigenvalue weighted by Gasteiger charge is 2.18. The molecule has 78 valence electrons. The molecule has 1 rings (SSSR count). The Kier molecular flexibility index (Phi) is 3.70. The Bertz CT molecular complexity index is 467. The molecule has 14 heavy (non-hydrogen) atoms. The van der Waals surface area contributed by atoms with Crippen molar-refractivity contribution in [1.29, 1.82) is 0 Å². The van der Waals surface area contributed by atoms with Gasteiger partial charge in [0.25, 0.3) is 0 Å². The number of hydrogen-bond acceptors (Lipinski definition) is 4. The fourth-order valence-corrected chi connectivity index (χ4v) is 3.40. The number of ketones is 1. The van der Waals surface area contributed by atoms with Gasteiger partial charge >= 0.3 is 0 Å². The summed E-state index contributed by atoms with van der Waals surface area (Å²) in [6.45, 7) is 0. The highest BCUT2D eigenvalue weighted by Crippen LogP contribution is 2.32. The number of alkyl halides is 1. The summed E-state index contributed by atoms with van der Waals surface area (Å²) in [6.07, 6.45) is 0. The maximum absolute atomic E-state index is 11.2. The predicted molar refractivity (Wildman–Crippen MR) is 59.0 cm³/mol. The van der Waals surface area contributed by atoms with Crippen LogP contribution < -0.4 is 0 Å². The molecule has 4 nitrogen and oxygen atoms in total. The Hall–Kier alpha value is 0.0500. The first-order valence-electron chi connectivity index (χ1n) is 3.24. The van der Waals surface area contributed by atoms with E-state index in [4.69, 9.17) is 16.7 Å². The summed E-state index contributed by atoms with van der Waals surface area (Å²) in [6, 6.07) is 1.26. The van der Waals surface area contributed by atoms with Gasteiger partial charge < -0.3 is 5.14 Å². The van der Waals surface area contributed by atoms with Gasteiger partial charge in [-0.25, -0.2) is 8.42 Å². The number of nitrogens with one attached hydrogen (secondary N) is 1. The first-order valence-corrected chi connectivity index (χ1v) is 7.04. The molecule has 0 aliphatic heterocycles. The van der Waals surface area contributed by atoms with Crippen molar-refractivity contribution in [3.05, 3.63) is 21.1 Å². The smallest absolute Gasteiger partial charge is 0.175 e. The molecule has 0 amide bonds. The van der Waals surface area contributed by atoms with Crippen LogP contribution in [0.1, 0.15) is 10.4 Å². The molecule has 0 saturated carbocycles. The molecule has 1 aromatic heterocycles. The van der Waals surface area contributed by atoms with Crippen LogP contribution in [-0.4, -0.2) is 19.5 Å². The van der Waals surface area contributed by atoms with Gasteiger partial charge in [0.2, 0.25) is 0 Å². The van der Waals surface area contributed by atoms with Crippen molar-refractivity contribution in [2.75, 3.05) is 5.33 Å². The van der Waals surface area contributed by atoms with E-state index in [-0.39, 0.29) is 19.4 Å². The second-order valence-electron chi connectivity index (χ2n) is 2.31. The highest BCUT2D eigenvalue weighted by molar-refractivity contribution is 9.09. The van der Waals surface area contributed by atoms with Crippen molar-refractivity contribution in [3.8, 4) is 0 Å². The zero-order valence-electron chi connectivity index (χ0n) is 6.58. The van der Waals surface area contributed by atoms with Crippen LogP contribution in [0.3, 0.4) is 0 Å². The normalized spacial score (nSPS) is 11.6. The molecule has 0 aliphatic rings. The standard InChI is InChI=1S/C6H4BrClNO3S2/c7-2-4(10)3-1-5(8)13-6(3)14(9,11)12/h1H,2H2,(H-,9,11,12)/q-1. The number of rotatable bonds is 3. The Balaban J connectivity index is 3.38. The van der Waals surface area contributed by atoms with Gasteiger partial charge in [-0.3, -0.25) is 4.79 Å². The molecule has 0 aromatic carbocycles. The second kappa shape index (κ2) is 4.28. The number of sulfonamides is 1. The van der Waals surface area contributed by atoms with Gasteiger partial charge in [-0.15, -0.1) is 11.3 Å². The van der Waals surface area contributed by atoms with Crippen LogP contribution in [0, 0.1) is 0 Å². The van der Waals surface area contributed by atoms with E-state index < -0.39 is 15.8 Å². The lowest BCUT2D eigenvalue weighted by molar-refractivity contribution is 0.102. The van der Waals surface area contributed by atoms with Crippen molar-refractivity contribution in [2.24, 2.45) is 0 Å². The van der Waals surface area contributed by atoms with Gasteiger partial charge in [0, 0.05) is 5.56 Å². The zero-order chi connectivity index (χ0) is 10.9. The number of carbonyl (C=O) groups excluding carboxylic acids is 1. The van der Waals surface area contributed by atoms with Gasteiger partial charge in [-0.2, -0.15) is 0 Å². The maximum atomic E-state index is 11.2. The van der Waals surface area contributed by atoms with E-state index in [9.17, 15) is 13.2 Å². The van der Waals surface area contributed by atoms with Crippen LogP contribution in [0.25, 0.3) is 5.14 Å². The largest absolute Gasteiger partial charge is 0.559 e. The van der Waals surface area contributed by atoms with E-state index in [1.807, 2.05) is 0 Å². The Labute approximate surface area is 98.2 Å². The van der Waals surface area contributed by atoms with Crippen molar-refractivity contribution in [3.63, 3.8) is 0 Å². The fraction of sp³-hybridized carbons (Fsp3) is 0.167. The number of halogens is 2. The second-order valence-corrected chi connectivity index (χ2v) is 6.23. The molecule has 0 radical (unpaired) electrons. The molecule has 0 unspecified atom stereocenters. The molecule has 0 saturated heterocycles. The van der Waals surface area contributed by atoms with Crippen LogP contribution >= 0.6 is 38.9 Å². The van der Waals surface area contributed by atoms with E-state index in [2.05, 4.69) is 15.9 Å². The molecule has 0 bridgehead atoms. The van der Waals surface area contributed by atoms with Crippen LogP contribution in [0.5, 0.6) is 0 Å². The summed E-state index contributed by atoms with van der Waals surface area (Å²) in [7, 11) is -4.13. The predicted octanol–water partition coefficient (Wildman–Crippen LogP) is 2.72. The summed E-state index contributed by atoms with van der Waals surface area (Å²) in [5, 5.41) is 6.85. The van der Waals surface area contributed by atoms with Gasteiger partial charge in [0.05, 0.1) is 9.67 Å². The third-order valence-electron chi connectivity index (χ3n) is 1.33. The Morgan fingerprint density at radius 1 is 1.64 bits per heavy atom. The molecule has 0 atom stereocenters. The molecule has 8 heteroatoms. The quantitative estimate of drug-likeness (QED) is 0.635. The lowest BCUT2D eigenvalue weighted by Gasteiger charge is -2.03. The van der Waals surface area contributed by atoms with Crippen LogP contribution in [0.15, 0.2) is 10.3 Å². The van der Waals surface area contributed by atoms with E-state index in [1.54, 1.807) is 0 Å². The highest BCUT2D eigenvalue weighted by atomic mass is 79.9. The molecular formula is C6H4BrClNO3S2-. The molecule has 1 aromatic rings. The first kappa shape index (κ1) is 12.1. The minimum atomic E-state index is -4.13. The van der Waals surface area contributed by atoms with Crippen molar-refractivity contribution in [1.82, 2.24) is 0 Å². The van der Waals surface area contributed by atoms with Crippen LogP contribution in [0.2, 0.25) is 4.34 Å². The summed E-state index contributed by atoms with van der Waals surface area (Å²) in [5.74, 6) is -0.404. The lowest BCUT2D eigenvalue weighted by atomic mass is 10.2. The Morgan fingerprint density at radius 2 is 2.21 bits per heavy atom. The minimum absolute atomic E-state index is 0.00256. The molecule has 0 spiro atoms. The summed E-state index contributed by atoms with van der Waals surface area (Å²) in [4.78, 5) is 11.2. The van der Waals surface area contributed by atoms with Crippen molar-refractivity contribution >= 4 is 54.7 Å². The van der Waals surface area contributed by atoms with Crippen molar-refractivity contribution in [2.45, 2.75) is 4.21 Å². The van der Waals surface area contributed by atoms with E-state index >= 15 is 0 Å². The summed E-state index contributed by atoms with van der Waals surface area (Å²) < 4.78 is 21.8. The topological polar surface area (TPSA) is 75.0 Å². The van der Waals surface area contributed by atoms with Gasteiger partial charge in [0.1, 0.15) is 14.2 Å². The third-order valence-corrected chi connectivity index (χ3v) is 4.52.